The summed E-state index contributed by atoms with van der Waals surface area (Å²) in [5.74, 6) is -0.776. The van der Waals surface area contributed by atoms with Crippen LogP contribution in [0, 0.1) is 10.1 Å². The molecule has 1 aliphatic carbocycles. The van der Waals surface area contributed by atoms with Gasteiger partial charge < -0.3 is 15.4 Å². The second-order valence-corrected chi connectivity index (χ2v) is 13.0. The quantitative estimate of drug-likeness (QED) is 0.0737. The Hall–Kier alpha value is -4.48. The molecule has 3 aromatic carbocycles. The first-order valence-electron chi connectivity index (χ1n) is 14.8. The van der Waals surface area contributed by atoms with Gasteiger partial charge in [-0.3, -0.25) is 19.7 Å². The lowest BCUT2D eigenvalue weighted by Gasteiger charge is -2.23. The number of rotatable bonds is 11. The van der Waals surface area contributed by atoms with Crippen molar-refractivity contribution in [2.45, 2.75) is 55.6 Å². The van der Waals surface area contributed by atoms with Crippen LogP contribution in [0.5, 0.6) is 0 Å². The van der Waals surface area contributed by atoms with Crippen molar-refractivity contribution in [1.29, 1.82) is 0 Å². The van der Waals surface area contributed by atoms with Gasteiger partial charge in [-0.05, 0) is 73.9 Å². The van der Waals surface area contributed by atoms with E-state index in [0.717, 1.165) is 34.6 Å². The van der Waals surface area contributed by atoms with Gasteiger partial charge >= 0.3 is 5.97 Å². The number of esters is 1. The average Bonchev–Trinajstić information content (AvgIpc) is 3.41. The number of nitro benzene ring substituents is 1. The van der Waals surface area contributed by atoms with Gasteiger partial charge in [0.15, 0.2) is 0 Å². The fraction of sp³-hybridized carbons (Fsp3) is 0.265. The Kier molecular flexibility index (Phi) is 10.3. The van der Waals surface area contributed by atoms with Crippen LogP contribution in [0.25, 0.3) is 0 Å². The topological polar surface area (TPSA) is 128 Å². The van der Waals surface area contributed by atoms with E-state index in [2.05, 4.69) is 22.8 Å². The van der Waals surface area contributed by atoms with Gasteiger partial charge in [0.05, 0.1) is 22.3 Å². The summed E-state index contributed by atoms with van der Waals surface area (Å²) in [5.41, 5.74) is 3.19. The minimum Gasteiger partial charge on any atom is -0.462 e. The van der Waals surface area contributed by atoms with Crippen molar-refractivity contribution in [3.8, 4) is 0 Å². The molecule has 1 aromatic heterocycles. The number of carbonyl (C=O) groups excluding carboxylic acids is 3. The molecule has 232 valence electrons. The molecule has 2 unspecified atom stereocenters. The number of amides is 2. The maximum absolute atomic E-state index is 13.6. The minimum atomic E-state index is -0.549. The molecular formula is C34H33N3O6S2. The average molecular weight is 644 g/mol. The maximum Gasteiger partial charge on any atom is 0.341 e. The molecule has 0 saturated carbocycles. The lowest BCUT2D eigenvalue weighted by atomic mass is 9.83. The van der Waals surface area contributed by atoms with Crippen molar-refractivity contribution < 1.29 is 24.0 Å². The molecule has 11 heteroatoms. The number of fused-ring (bicyclic) bond motifs is 1. The van der Waals surface area contributed by atoms with E-state index in [1.54, 1.807) is 25.1 Å². The van der Waals surface area contributed by atoms with E-state index in [1.165, 1.54) is 52.9 Å². The van der Waals surface area contributed by atoms with Crippen molar-refractivity contribution in [3.05, 3.63) is 116 Å². The summed E-state index contributed by atoms with van der Waals surface area (Å²) in [7, 11) is 0. The monoisotopic (exact) mass is 643 g/mol. The first kappa shape index (κ1) is 31.9. The number of non-ortho nitro benzene ring substituents is 1. The summed E-state index contributed by atoms with van der Waals surface area (Å²) in [6, 6.07) is 23.0. The molecule has 0 fully saturated rings. The highest BCUT2D eigenvalue weighted by Gasteiger charge is 2.32. The highest BCUT2D eigenvalue weighted by Crippen LogP contribution is 2.43. The summed E-state index contributed by atoms with van der Waals surface area (Å²) in [6.07, 6.45) is 2.97. The van der Waals surface area contributed by atoms with Crippen LogP contribution in [-0.2, 0) is 22.4 Å². The molecule has 0 bridgehead atoms. The Morgan fingerprint density at radius 2 is 1.80 bits per heavy atom. The molecular weight excluding hydrogens is 611 g/mol. The molecule has 0 aliphatic heterocycles. The van der Waals surface area contributed by atoms with E-state index in [0.29, 0.717) is 28.6 Å². The van der Waals surface area contributed by atoms with Crippen molar-refractivity contribution in [2.24, 2.45) is 0 Å². The molecule has 2 amide bonds. The number of benzene rings is 3. The first-order chi connectivity index (χ1) is 21.8. The molecule has 9 nitrogen and oxygen atoms in total. The van der Waals surface area contributed by atoms with Crippen molar-refractivity contribution in [2.75, 3.05) is 17.2 Å². The van der Waals surface area contributed by atoms with E-state index < -0.39 is 22.0 Å². The van der Waals surface area contributed by atoms with E-state index in [-0.39, 0.29) is 23.8 Å². The van der Waals surface area contributed by atoms with Gasteiger partial charge in [-0.15, -0.1) is 23.1 Å². The Bertz CT molecular complexity index is 1720. The Morgan fingerprint density at radius 3 is 2.53 bits per heavy atom. The summed E-state index contributed by atoms with van der Waals surface area (Å²) >= 11 is 2.81. The van der Waals surface area contributed by atoms with Gasteiger partial charge in [-0.2, -0.15) is 0 Å². The van der Waals surface area contributed by atoms with E-state index >= 15 is 0 Å². The number of hydrogen-bond donors (Lipinski definition) is 2. The van der Waals surface area contributed by atoms with Crippen molar-refractivity contribution in [1.82, 2.24) is 0 Å². The Labute approximate surface area is 269 Å². The zero-order valence-corrected chi connectivity index (χ0v) is 26.5. The van der Waals surface area contributed by atoms with Crippen molar-refractivity contribution >= 4 is 57.3 Å². The van der Waals surface area contributed by atoms with Gasteiger partial charge in [-0.25, -0.2) is 4.79 Å². The van der Waals surface area contributed by atoms with Crippen LogP contribution in [0.4, 0.5) is 16.4 Å². The van der Waals surface area contributed by atoms with Gasteiger partial charge in [0, 0.05) is 33.2 Å². The predicted octanol–water partition coefficient (Wildman–Crippen LogP) is 7.87. The fourth-order valence-electron chi connectivity index (χ4n) is 5.39. The fourth-order valence-corrected chi connectivity index (χ4v) is 7.72. The number of nitrogens with one attached hydrogen (secondary N) is 2. The number of carbonyl (C=O) groups is 3. The van der Waals surface area contributed by atoms with E-state index in [4.69, 9.17) is 4.74 Å². The number of nitro groups is 1. The van der Waals surface area contributed by atoms with Crippen LogP contribution in [0.2, 0.25) is 0 Å². The largest absolute Gasteiger partial charge is 0.462 e. The maximum atomic E-state index is 13.6. The van der Waals surface area contributed by atoms with Crippen LogP contribution >= 0.6 is 23.1 Å². The highest BCUT2D eigenvalue weighted by molar-refractivity contribution is 8.00. The minimum absolute atomic E-state index is 0.166. The number of hydrogen-bond acceptors (Lipinski definition) is 8. The van der Waals surface area contributed by atoms with Crippen LogP contribution < -0.4 is 10.6 Å². The molecule has 1 heterocycles. The predicted molar refractivity (Wildman–Crippen MR) is 178 cm³/mol. The number of nitrogens with zero attached hydrogens (tertiary/aromatic N) is 1. The molecule has 0 saturated heterocycles. The van der Waals surface area contributed by atoms with Crippen molar-refractivity contribution in [3.63, 3.8) is 0 Å². The Balaban J connectivity index is 1.31. The molecule has 0 radical (unpaired) electrons. The van der Waals surface area contributed by atoms with Gasteiger partial charge in [-0.1, -0.05) is 49.4 Å². The zero-order valence-electron chi connectivity index (χ0n) is 24.9. The highest BCUT2D eigenvalue weighted by atomic mass is 32.2. The molecule has 2 atom stereocenters. The van der Waals surface area contributed by atoms with E-state index in [1.807, 2.05) is 31.2 Å². The number of thiophene rings is 1. The van der Waals surface area contributed by atoms with Crippen LogP contribution in [0.1, 0.15) is 69.3 Å². The smallest absolute Gasteiger partial charge is 0.341 e. The van der Waals surface area contributed by atoms with Crippen LogP contribution in [0.3, 0.4) is 0 Å². The van der Waals surface area contributed by atoms with E-state index in [9.17, 15) is 24.5 Å². The summed E-state index contributed by atoms with van der Waals surface area (Å²) in [6.45, 7) is 3.93. The third kappa shape index (κ3) is 7.61. The molecule has 2 N–H and O–H groups in total. The Morgan fingerprint density at radius 1 is 1.02 bits per heavy atom. The number of anilines is 2. The molecule has 1 aliphatic rings. The SMILES string of the molecule is CCOC(=O)c1c(NC(=O)C(CC)Sc2cccc(NC(=O)c3cccc([N+](=O)[O-])c3)c2)sc2c1CCC(c1ccccc1)C2. The number of ether oxygens (including phenoxy) is 1. The second kappa shape index (κ2) is 14.5. The second-order valence-electron chi connectivity index (χ2n) is 10.6. The first-order valence-corrected chi connectivity index (χ1v) is 16.5. The summed E-state index contributed by atoms with van der Waals surface area (Å²) in [5, 5.41) is 17.0. The third-order valence-electron chi connectivity index (χ3n) is 7.61. The van der Waals surface area contributed by atoms with Crippen LogP contribution in [0.15, 0.2) is 83.8 Å². The zero-order chi connectivity index (χ0) is 31.9. The standard InChI is InChI=1S/C34H33N3O6S2/c1-3-28(44-26-15-9-13-24(20-26)35-31(38)23-12-8-14-25(18-23)37(41)42)32(39)36-33-30(34(40)43-4-2)27-17-16-22(19-29(27)45-33)21-10-6-5-7-11-21/h5-15,18,20,22,28H,3-4,16-17,19H2,1-2H3,(H,35,38)(H,36,39). The molecule has 0 spiro atoms. The lowest BCUT2D eigenvalue weighted by Crippen LogP contribution is -2.25. The molecule has 5 rings (SSSR count). The van der Waals surface area contributed by atoms with Crippen LogP contribution in [-0.4, -0.2) is 34.6 Å². The van der Waals surface area contributed by atoms with Gasteiger partial charge in [0.1, 0.15) is 5.00 Å². The summed E-state index contributed by atoms with van der Waals surface area (Å²) in [4.78, 5) is 51.9. The lowest BCUT2D eigenvalue weighted by molar-refractivity contribution is -0.384. The normalized spacial score (nSPS) is 14.6. The van der Waals surface area contributed by atoms with Gasteiger partial charge in [0.2, 0.25) is 5.91 Å². The molecule has 4 aromatic rings. The summed E-state index contributed by atoms with van der Waals surface area (Å²) < 4.78 is 5.41. The van der Waals surface area contributed by atoms with Gasteiger partial charge in [0.25, 0.3) is 11.6 Å². The number of thioether (sulfide) groups is 1. The molecule has 45 heavy (non-hydrogen) atoms. The third-order valence-corrected chi connectivity index (χ3v) is 10.1.